The molecule has 0 bridgehead atoms. The second kappa shape index (κ2) is 13.9. The summed E-state index contributed by atoms with van der Waals surface area (Å²) in [5.74, 6) is 0.710. The highest BCUT2D eigenvalue weighted by molar-refractivity contribution is 6.08. The molecule has 11 rings (SSSR count). The molecule has 2 heteroatoms. The van der Waals surface area contributed by atoms with Gasteiger partial charge in [-0.05, 0) is 89.3 Å². The molecule has 2 nitrogen and oxygen atoms in total. The fourth-order valence-electron chi connectivity index (χ4n) is 9.40. The van der Waals surface area contributed by atoms with Gasteiger partial charge in [-0.3, -0.25) is 0 Å². The summed E-state index contributed by atoms with van der Waals surface area (Å²) in [6.07, 6.45) is 0. The van der Waals surface area contributed by atoms with Crippen LogP contribution in [-0.4, -0.2) is 9.97 Å². The Bertz CT molecular complexity index is 3200. The number of aromatic nitrogens is 2. The zero-order valence-corrected chi connectivity index (χ0v) is 33.0. The van der Waals surface area contributed by atoms with Crippen molar-refractivity contribution in [2.24, 2.45) is 0 Å². The third-order valence-electron chi connectivity index (χ3n) is 12.3. The van der Waals surface area contributed by atoms with Crippen molar-refractivity contribution in [2.75, 3.05) is 0 Å². The average Bonchev–Trinajstić information content (AvgIpc) is 3.55. The van der Waals surface area contributed by atoms with Gasteiger partial charge in [-0.1, -0.05) is 208 Å². The highest BCUT2D eigenvalue weighted by atomic mass is 14.9. The normalized spacial score (nSPS) is 12.7. The first-order chi connectivity index (χ1) is 29.0. The maximum absolute atomic E-state index is 5.33. The van der Waals surface area contributed by atoms with Gasteiger partial charge in [0, 0.05) is 22.1 Å². The van der Waals surface area contributed by atoms with Crippen LogP contribution in [0.3, 0.4) is 0 Å². The van der Waals surface area contributed by atoms with Crippen LogP contribution < -0.4 is 0 Å². The molecule has 0 N–H and O–H groups in total. The minimum Gasteiger partial charge on any atom is -0.228 e. The zero-order valence-electron chi connectivity index (χ0n) is 33.0. The summed E-state index contributed by atoms with van der Waals surface area (Å²) in [5.41, 5.74) is 17.4. The van der Waals surface area contributed by atoms with Crippen molar-refractivity contribution < 1.29 is 0 Å². The molecule has 0 aliphatic heterocycles. The minimum atomic E-state index is -0.172. The first-order valence-corrected chi connectivity index (χ1v) is 20.4. The van der Waals surface area contributed by atoms with Crippen molar-refractivity contribution >= 4 is 21.5 Å². The van der Waals surface area contributed by atoms with Crippen molar-refractivity contribution in [1.82, 2.24) is 9.97 Å². The monoisotopic (exact) mass is 752 g/mol. The molecule has 1 heterocycles. The van der Waals surface area contributed by atoms with Crippen LogP contribution in [0.4, 0.5) is 0 Å². The van der Waals surface area contributed by atoms with E-state index in [1.54, 1.807) is 0 Å². The van der Waals surface area contributed by atoms with Gasteiger partial charge in [0.25, 0.3) is 0 Å². The number of nitrogens with zero attached hydrogens (tertiary/aromatic N) is 2. The van der Waals surface area contributed by atoms with E-state index in [1.807, 2.05) is 6.07 Å². The second-order valence-corrected chi connectivity index (χ2v) is 16.1. The molecule has 0 atom stereocenters. The fraction of sp³-hybridized carbons (Fsp3) is 0.0526. The van der Waals surface area contributed by atoms with Crippen LogP contribution in [0, 0.1) is 0 Å². The molecule has 278 valence electrons. The zero-order chi connectivity index (χ0) is 39.5. The van der Waals surface area contributed by atoms with Crippen molar-refractivity contribution in [3.63, 3.8) is 0 Å². The van der Waals surface area contributed by atoms with E-state index < -0.39 is 0 Å². The number of rotatable bonds is 6. The maximum Gasteiger partial charge on any atom is 0.161 e. The molecule has 0 unspecified atom stereocenters. The lowest BCUT2D eigenvalue weighted by Gasteiger charge is -2.25. The number of benzene rings is 9. The largest absolute Gasteiger partial charge is 0.228 e. The quantitative estimate of drug-likeness (QED) is 0.169. The Morgan fingerprint density at radius 2 is 0.814 bits per heavy atom. The smallest absolute Gasteiger partial charge is 0.161 e. The Labute approximate surface area is 345 Å². The molecule has 1 aromatic heterocycles. The lowest BCUT2D eigenvalue weighted by Crippen LogP contribution is -2.16. The maximum atomic E-state index is 5.33. The van der Waals surface area contributed by atoms with Gasteiger partial charge in [0.15, 0.2) is 5.82 Å². The van der Waals surface area contributed by atoms with Gasteiger partial charge in [-0.15, -0.1) is 0 Å². The first kappa shape index (κ1) is 34.8. The van der Waals surface area contributed by atoms with E-state index in [-0.39, 0.29) is 5.41 Å². The van der Waals surface area contributed by atoms with E-state index in [2.05, 4.69) is 214 Å². The van der Waals surface area contributed by atoms with Crippen molar-refractivity contribution in [3.8, 4) is 78.4 Å². The molecule has 10 aromatic rings. The third kappa shape index (κ3) is 5.87. The Hall–Kier alpha value is -7.42. The summed E-state index contributed by atoms with van der Waals surface area (Å²) in [7, 11) is 0. The molecule has 1 aliphatic carbocycles. The Morgan fingerprint density at radius 1 is 0.339 bits per heavy atom. The van der Waals surface area contributed by atoms with E-state index in [9.17, 15) is 0 Å². The van der Waals surface area contributed by atoms with Crippen molar-refractivity contribution in [1.29, 1.82) is 0 Å². The summed E-state index contributed by atoms with van der Waals surface area (Å²) in [6.45, 7) is 4.76. The van der Waals surface area contributed by atoms with E-state index in [0.717, 1.165) is 33.5 Å². The summed E-state index contributed by atoms with van der Waals surface area (Å²) in [4.78, 5) is 10.6. The molecular formula is C57H40N2. The summed E-state index contributed by atoms with van der Waals surface area (Å²) in [6, 6.07) is 74.2. The van der Waals surface area contributed by atoms with Crippen LogP contribution in [0.1, 0.15) is 25.0 Å². The topological polar surface area (TPSA) is 25.8 Å². The molecule has 0 fully saturated rings. The van der Waals surface area contributed by atoms with E-state index in [0.29, 0.717) is 5.82 Å². The predicted octanol–water partition coefficient (Wildman–Crippen LogP) is 15.1. The Kier molecular flexibility index (Phi) is 8.20. The molecule has 59 heavy (non-hydrogen) atoms. The van der Waals surface area contributed by atoms with E-state index in [1.165, 1.54) is 71.8 Å². The standard InChI is InChI=1S/C57H40N2/c1-57(2)51-35-32-41-16-9-10-19-44(41)54(51)50-23-13-22-48(55(50)57)47-33-34-49(46-21-12-11-20-45(46)47)56-58-52(42-17-7-4-8-18-42)36-53(59-56)43-30-28-40(29-31-43)39-26-24-38(25-27-39)37-14-5-3-6-15-37/h3-36H,1-2H3. The lowest BCUT2D eigenvalue weighted by molar-refractivity contribution is 0.662. The van der Waals surface area contributed by atoms with Gasteiger partial charge in [0.05, 0.1) is 11.4 Å². The van der Waals surface area contributed by atoms with Crippen LogP contribution >= 0.6 is 0 Å². The number of hydrogen-bond acceptors (Lipinski definition) is 2. The van der Waals surface area contributed by atoms with Gasteiger partial charge in [0.1, 0.15) is 0 Å². The van der Waals surface area contributed by atoms with Crippen LogP contribution in [0.15, 0.2) is 206 Å². The molecule has 0 spiro atoms. The predicted molar refractivity (Wildman–Crippen MR) is 247 cm³/mol. The summed E-state index contributed by atoms with van der Waals surface area (Å²) in [5, 5.41) is 4.91. The van der Waals surface area contributed by atoms with Crippen molar-refractivity contribution in [2.45, 2.75) is 19.3 Å². The highest BCUT2D eigenvalue weighted by Gasteiger charge is 2.38. The fourth-order valence-corrected chi connectivity index (χ4v) is 9.40. The minimum absolute atomic E-state index is 0.172. The Morgan fingerprint density at radius 3 is 1.46 bits per heavy atom. The molecule has 9 aromatic carbocycles. The third-order valence-corrected chi connectivity index (χ3v) is 12.3. The average molecular weight is 753 g/mol. The van der Waals surface area contributed by atoms with Gasteiger partial charge in [-0.2, -0.15) is 0 Å². The van der Waals surface area contributed by atoms with Crippen LogP contribution in [0.2, 0.25) is 0 Å². The highest BCUT2D eigenvalue weighted by Crippen LogP contribution is 2.55. The first-order valence-electron chi connectivity index (χ1n) is 20.4. The second-order valence-electron chi connectivity index (χ2n) is 16.1. The van der Waals surface area contributed by atoms with E-state index in [4.69, 9.17) is 9.97 Å². The van der Waals surface area contributed by atoms with Crippen LogP contribution in [0.5, 0.6) is 0 Å². The molecule has 0 amide bonds. The molecule has 0 radical (unpaired) electrons. The van der Waals surface area contributed by atoms with Gasteiger partial charge >= 0.3 is 0 Å². The Balaban J connectivity index is 1.02. The van der Waals surface area contributed by atoms with Gasteiger partial charge in [-0.25, -0.2) is 9.97 Å². The SMILES string of the molecule is CC1(C)c2ccc3ccccc3c2-c2cccc(-c3ccc(-c4nc(-c5ccccc5)cc(-c5ccc(-c6ccc(-c7ccccc7)cc6)cc5)n4)c4ccccc34)c21. The molecule has 1 aliphatic rings. The van der Waals surface area contributed by atoms with Crippen LogP contribution in [-0.2, 0) is 5.41 Å². The van der Waals surface area contributed by atoms with Crippen LogP contribution in [0.25, 0.3) is 100.0 Å². The summed E-state index contributed by atoms with van der Waals surface area (Å²) >= 11 is 0. The number of hydrogen-bond donors (Lipinski definition) is 0. The van der Waals surface area contributed by atoms with Gasteiger partial charge in [0.2, 0.25) is 0 Å². The number of fused-ring (bicyclic) bond motifs is 6. The summed E-state index contributed by atoms with van der Waals surface area (Å²) < 4.78 is 0. The lowest BCUT2D eigenvalue weighted by atomic mass is 9.78. The van der Waals surface area contributed by atoms with E-state index >= 15 is 0 Å². The molecule has 0 saturated carbocycles. The van der Waals surface area contributed by atoms with Crippen molar-refractivity contribution in [3.05, 3.63) is 217 Å². The van der Waals surface area contributed by atoms with Gasteiger partial charge < -0.3 is 0 Å². The molecular weight excluding hydrogens is 713 g/mol. The molecule has 0 saturated heterocycles.